The van der Waals surface area contributed by atoms with Gasteiger partial charge in [-0.3, -0.25) is 4.79 Å². The van der Waals surface area contributed by atoms with Gasteiger partial charge in [0.15, 0.2) is 12.4 Å². The Balaban J connectivity index is 1.48. The van der Waals surface area contributed by atoms with E-state index >= 15 is 0 Å². The van der Waals surface area contributed by atoms with E-state index in [1.54, 1.807) is 13.8 Å². The Hall–Kier alpha value is -2.07. The fourth-order valence-corrected chi connectivity index (χ4v) is 10.1. The van der Waals surface area contributed by atoms with Crippen molar-refractivity contribution in [1.29, 1.82) is 0 Å². The topological polar surface area (TPSA) is 129 Å². The minimum Gasteiger partial charge on any atom is -0.481 e. The van der Waals surface area contributed by atoms with E-state index in [0.29, 0.717) is 24.3 Å². The van der Waals surface area contributed by atoms with E-state index in [2.05, 4.69) is 13.0 Å². The zero-order chi connectivity index (χ0) is 31.5. The third kappa shape index (κ3) is 4.43. The molecule has 3 saturated carbocycles. The van der Waals surface area contributed by atoms with Gasteiger partial charge in [-0.05, 0) is 69.1 Å². The van der Waals surface area contributed by atoms with Crippen molar-refractivity contribution in [1.82, 2.24) is 0 Å². The third-order valence-electron chi connectivity index (χ3n) is 12.0. The first-order valence-electron chi connectivity index (χ1n) is 16.1. The molecular formula is C34H50O9. The third-order valence-corrected chi connectivity index (χ3v) is 12.0. The molecule has 5 aliphatic rings. The summed E-state index contributed by atoms with van der Waals surface area (Å²) in [7, 11) is 1.48. The number of allylic oxidation sites excluding steroid dienone is 2. The zero-order valence-electron chi connectivity index (χ0n) is 26.7. The first-order chi connectivity index (χ1) is 20.4. The Morgan fingerprint density at radius 1 is 1.19 bits per heavy atom. The van der Waals surface area contributed by atoms with Crippen LogP contribution >= 0.6 is 0 Å². The predicted molar refractivity (Wildman–Crippen MR) is 158 cm³/mol. The van der Waals surface area contributed by atoms with E-state index < -0.39 is 58.9 Å². The first-order valence-corrected chi connectivity index (χ1v) is 16.1. The molecule has 1 saturated heterocycles. The van der Waals surface area contributed by atoms with Gasteiger partial charge in [0.25, 0.3) is 0 Å². The van der Waals surface area contributed by atoms with Crippen LogP contribution in [0.5, 0.6) is 0 Å². The smallest absolute Gasteiger partial charge is 0.333 e. The van der Waals surface area contributed by atoms with Crippen molar-refractivity contribution in [3.05, 3.63) is 23.3 Å². The van der Waals surface area contributed by atoms with Gasteiger partial charge in [-0.1, -0.05) is 58.3 Å². The van der Waals surface area contributed by atoms with E-state index in [4.69, 9.17) is 18.9 Å². The Kier molecular flexibility index (Phi) is 8.79. The molecule has 4 bridgehead atoms. The number of esters is 1. The summed E-state index contributed by atoms with van der Waals surface area (Å²) in [6.07, 6.45) is 4.61. The molecule has 0 aromatic heterocycles. The van der Waals surface area contributed by atoms with Gasteiger partial charge in [0, 0.05) is 18.1 Å². The molecule has 5 rings (SSSR count). The quantitative estimate of drug-likeness (QED) is 0.150. The van der Waals surface area contributed by atoms with E-state index in [9.17, 15) is 24.6 Å². The normalized spacial score (nSPS) is 45.2. The molecule has 1 aliphatic heterocycles. The maximum absolute atomic E-state index is 13.7. The Morgan fingerprint density at radius 3 is 2.51 bits per heavy atom. The highest BCUT2D eigenvalue weighted by molar-refractivity contribution is 5.90. The van der Waals surface area contributed by atoms with E-state index in [0.717, 1.165) is 37.5 Å². The van der Waals surface area contributed by atoms with Crippen molar-refractivity contribution in [3.63, 3.8) is 0 Å². The summed E-state index contributed by atoms with van der Waals surface area (Å²) in [5, 5.41) is 22.7. The van der Waals surface area contributed by atoms with Crippen LogP contribution in [-0.4, -0.2) is 72.9 Å². The highest BCUT2D eigenvalue weighted by Crippen LogP contribution is 2.82. The average Bonchev–Trinajstić information content (AvgIpc) is 3.54. The minimum absolute atomic E-state index is 0.00437. The van der Waals surface area contributed by atoms with Crippen molar-refractivity contribution < 1.29 is 43.5 Å². The van der Waals surface area contributed by atoms with E-state index in [1.165, 1.54) is 7.11 Å². The first kappa shape index (κ1) is 32.3. The van der Waals surface area contributed by atoms with E-state index in [1.807, 2.05) is 26.8 Å². The second-order valence-corrected chi connectivity index (χ2v) is 14.2. The molecule has 0 radical (unpaired) electrons. The molecule has 0 aromatic carbocycles. The monoisotopic (exact) mass is 602 g/mol. The summed E-state index contributed by atoms with van der Waals surface area (Å²) in [5.74, 6) is -1.09. The van der Waals surface area contributed by atoms with Gasteiger partial charge in [-0.2, -0.15) is 0 Å². The summed E-state index contributed by atoms with van der Waals surface area (Å²) < 4.78 is 24.0. The molecule has 9 heteroatoms. The largest absolute Gasteiger partial charge is 0.481 e. The number of methoxy groups -OCH3 is 1. The number of hydrogen-bond donors (Lipinski definition) is 2. The van der Waals surface area contributed by atoms with Crippen LogP contribution < -0.4 is 0 Å². The van der Waals surface area contributed by atoms with Crippen molar-refractivity contribution in [2.45, 2.75) is 111 Å². The Labute approximate surface area is 255 Å². The fourth-order valence-electron chi connectivity index (χ4n) is 10.1. The van der Waals surface area contributed by atoms with Crippen molar-refractivity contribution >= 4 is 18.2 Å². The van der Waals surface area contributed by atoms with Crippen molar-refractivity contribution in [3.8, 4) is 0 Å². The summed E-state index contributed by atoms with van der Waals surface area (Å²) in [4.78, 5) is 39.9. The van der Waals surface area contributed by atoms with Crippen LogP contribution in [0.25, 0.3) is 0 Å². The zero-order valence-corrected chi connectivity index (χ0v) is 26.7. The number of carboxylic acids is 1. The molecule has 0 aromatic rings. The lowest BCUT2D eigenvalue weighted by Gasteiger charge is -2.58. The predicted octanol–water partition coefficient (Wildman–Crippen LogP) is 4.71. The molecule has 240 valence electrons. The van der Waals surface area contributed by atoms with Gasteiger partial charge in [-0.25, -0.2) is 4.79 Å². The lowest BCUT2D eigenvalue weighted by atomic mass is 9.43. The number of aliphatic hydroxyl groups excluding tert-OH is 1. The maximum Gasteiger partial charge on any atom is 0.333 e. The van der Waals surface area contributed by atoms with E-state index in [-0.39, 0.29) is 30.3 Å². The fraction of sp³-hybridized carbons (Fsp3) is 0.794. The summed E-state index contributed by atoms with van der Waals surface area (Å²) >= 11 is 0. The second-order valence-electron chi connectivity index (χ2n) is 14.2. The number of carbonyl (C=O) groups excluding carboxylic acids is 2. The van der Waals surface area contributed by atoms with Gasteiger partial charge in [0.1, 0.15) is 23.9 Å². The van der Waals surface area contributed by atoms with Crippen LogP contribution in [0.4, 0.5) is 0 Å². The Bertz CT molecular complexity index is 1180. The molecule has 12 atom stereocenters. The molecule has 2 N–H and O–H groups in total. The molecule has 1 heterocycles. The molecule has 5 unspecified atom stereocenters. The highest BCUT2D eigenvalue weighted by atomic mass is 16.7. The molecule has 0 amide bonds. The SMILES string of the molecule is CCC/C=C(\C)C(=O)O[C@H]1C(O)[C@H](OCC23C[C@@H]4[C@H](C)CC[C@H]4C4(C=O)CC2C=C(C(C)C)C34C(=O)O)O[C@H](C)[C@H]1OC. The molecular weight excluding hydrogens is 552 g/mol. The number of carboxylic acid groups (broad SMARTS) is 1. The van der Waals surface area contributed by atoms with Gasteiger partial charge in [-0.15, -0.1) is 0 Å². The second kappa shape index (κ2) is 11.7. The average molecular weight is 603 g/mol. The van der Waals surface area contributed by atoms with Crippen molar-refractivity contribution in [2.75, 3.05) is 13.7 Å². The number of ether oxygens (including phenoxy) is 4. The summed E-state index contributed by atoms with van der Waals surface area (Å²) in [5.41, 5.74) is -1.99. The van der Waals surface area contributed by atoms with Gasteiger partial charge >= 0.3 is 11.9 Å². The maximum atomic E-state index is 13.7. The number of fused-ring (bicyclic) bond motifs is 2. The summed E-state index contributed by atoms with van der Waals surface area (Å²) in [6.45, 7) is 11.7. The van der Waals surface area contributed by atoms with Gasteiger partial charge < -0.3 is 34.0 Å². The van der Waals surface area contributed by atoms with Crippen LogP contribution in [0.15, 0.2) is 23.3 Å². The lowest BCUT2D eigenvalue weighted by molar-refractivity contribution is -0.308. The number of unbranched alkanes of at least 4 members (excludes halogenated alkanes) is 1. The van der Waals surface area contributed by atoms with Crippen LogP contribution in [0, 0.1) is 45.8 Å². The molecule has 9 nitrogen and oxygen atoms in total. The van der Waals surface area contributed by atoms with Crippen LogP contribution in [-0.2, 0) is 33.3 Å². The van der Waals surface area contributed by atoms with Crippen LogP contribution in [0.2, 0.25) is 0 Å². The number of aliphatic carboxylic acids is 1. The standard InChI is InChI=1S/C34H50O9/c1-8-9-10-20(5)29(37)43-28-26(36)30(42-21(6)27(28)40-7)41-17-33-15-23-19(4)11-12-24(23)32(16-35)14-22(33)13-25(18(2)3)34(32,33)31(38)39/h10,13,16,18-19,21-24,26-28,30,36H,8-9,11-12,14-15,17H2,1-7H3,(H,38,39)/b20-10+/t19-,21-,22?,23-,24-,26?,27-,28+,30-,32?,33?,34?/m1/s1. The van der Waals surface area contributed by atoms with Gasteiger partial charge in [0.05, 0.1) is 18.1 Å². The molecule has 0 spiro atoms. The van der Waals surface area contributed by atoms with Crippen molar-refractivity contribution in [2.24, 2.45) is 45.8 Å². The molecule has 43 heavy (non-hydrogen) atoms. The molecule has 4 aliphatic carbocycles. The number of hydrogen-bond acceptors (Lipinski definition) is 8. The number of aliphatic hydroxyl groups is 1. The highest BCUT2D eigenvalue weighted by Gasteiger charge is 2.84. The van der Waals surface area contributed by atoms with Crippen LogP contribution in [0.3, 0.4) is 0 Å². The number of carbonyl (C=O) groups is 3. The molecule has 4 fully saturated rings. The minimum atomic E-state index is -1.39. The van der Waals surface area contributed by atoms with Crippen LogP contribution in [0.1, 0.15) is 80.1 Å². The lowest BCUT2D eigenvalue weighted by Crippen LogP contribution is -2.64. The van der Waals surface area contributed by atoms with Gasteiger partial charge in [0.2, 0.25) is 0 Å². The number of rotatable bonds is 11. The summed E-state index contributed by atoms with van der Waals surface area (Å²) in [6, 6.07) is 0. The number of aldehydes is 1. The Morgan fingerprint density at radius 2 is 1.91 bits per heavy atom.